The molecule has 5 heteroatoms. The third-order valence-electron chi connectivity index (χ3n) is 2.86. The number of hydrogen-bond acceptors (Lipinski definition) is 3. The van der Waals surface area contributed by atoms with Gasteiger partial charge in [-0.1, -0.05) is 43.7 Å². The molecule has 0 aliphatic carbocycles. The molecule has 0 spiro atoms. The van der Waals surface area contributed by atoms with E-state index in [-0.39, 0.29) is 10.6 Å². The van der Waals surface area contributed by atoms with Crippen LogP contribution in [0.3, 0.4) is 0 Å². The molecular formula is C14H16O4S. The molecule has 102 valence electrons. The number of rotatable bonds is 5. The summed E-state index contributed by atoms with van der Waals surface area (Å²) >= 11 is 0. The van der Waals surface area contributed by atoms with E-state index in [9.17, 15) is 13.0 Å². The zero-order chi connectivity index (χ0) is 13.9. The third kappa shape index (κ3) is 3.05. The highest BCUT2D eigenvalue weighted by molar-refractivity contribution is 7.86. The highest BCUT2D eigenvalue weighted by Crippen LogP contribution is 2.32. The fraction of sp³-hybridized carbons (Fsp3) is 0.286. The molecule has 0 saturated carbocycles. The lowest BCUT2D eigenvalue weighted by Gasteiger charge is -2.11. The standard InChI is InChI=1S/C14H16O4S/c1-2-3-10-18-13-9-8-11-6-4-5-7-12(11)14(13)19(15,16)17/h4-9H,2-3,10H2,1H3,(H,15,16,17). The summed E-state index contributed by atoms with van der Waals surface area (Å²) in [6, 6.07) is 10.4. The smallest absolute Gasteiger partial charge is 0.298 e. The summed E-state index contributed by atoms with van der Waals surface area (Å²) in [4.78, 5) is -0.151. The normalized spacial score (nSPS) is 11.7. The summed E-state index contributed by atoms with van der Waals surface area (Å²) < 4.78 is 38.0. The zero-order valence-corrected chi connectivity index (χ0v) is 11.5. The summed E-state index contributed by atoms with van der Waals surface area (Å²) in [5.41, 5.74) is 0. The van der Waals surface area contributed by atoms with E-state index in [2.05, 4.69) is 0 Å². The van der Waals surface area contributed by atoms with Crippen LogP contribution >= 0.6 is 0 Å². The molecule has 1 N–H and O–H groups in total. The molecule has 2 aromatic carbocycles. The molecular weight excluding hydrogens is 264 g/mol. The van der Waals surface area contributed by atoms with E-state index in [1.54, 1.807) is 30.3 Å². The van der Waals surface area contributed by atoms with Crippen LogP contribution in [-0.4, -0.2) is 19.6 Å². The first-order valence-electron chi connectivity index (χ1n) is 6.16. The monoisotopic (exact) mass is 280 g/mol. The van der Waals surface area contributed by atoms with E-state index in [0.29, 0.717) is 12.0 Å². The van der Waals surface area contributed by atoms with E-state index in [1.807, 2.05) is 13.0 Å². The van der Waals surface area contributed by atoms with Crippen LogP contribution in [0.15, 0.2) is 41.3 Å². The Bertz CT molecular complexity index is 677. The number of hydrogen-bond donors (Lipinski definition) is 1. The predicted molar refractivity (Wildman–Crippen MR) is 74.2 cm³/mol. The van der Waals surface area contributed by atoms with E-state index in [1.165, 1.54) is 0 Å². The quantitative estimate of drug-likeness (QED) is 0.674. The molecule has 0 aliphatic rings. The summed E-state index contributed by atoms with van der Waals surface area (Å²) in [5, 5.41) is 1.22. The second kappa shape index (κ2) is 5.59. The molecule has 0 amide bonds. The number of unbranched alkanes of at least 4 members (excludes halogenated alkanes) is 1. The molecule has 0 atom stereocenters. The first-order valence-corrected chi connectivity index (χ1v) is 7.60. The average molecular weight is 280 g/mol. The fourth-order valence-electron chi connectivity index (χ4n) is 1.93. The van der Waals surface area contributed by atoms with Crippen LogP contribution in [0.4, 0.5) is 0 Å². The Balaban J connectivity index is 2.57. The molecule has 0 fully saturated rings. The molecule has 2 aromatic rings. The van der Waals surface area contributed by atoms with Crippen LogP contribution in [-0.2, 0) is 10.1 Å². The molecule has 0 unspecified atom stereocenters. The van der Waals surface area contributed by atoms with Gasteiger partial charge in [0.1, 0.15) is 10.6 Å². The zero-order valence-electron chi connectivity index (χ0n) is 10.7. The van der Waals surface area contributed by atoms with Gasteiger partial charge in [0, 0.05) is 5.39 Å². The lowest BCUT2D eigenvalue weighted by molar-refractivity contribution is 0.301. The molecule has 0 bridgehead atoms. The van der Waals surface area contributed by atoms with Crippen molar-refractivity contribution in [3.8, 4) is 5.75 Å². The molecule has 4 nitrogen and oxygen atoms in total. The first-order chi connectivity index (χ1) is 9.04. The van der Waals surface area contributed by atoms with Gasteiger partial charge in [0.25, 0.3) is 10.1 Å². The highest BCUT2D eigenvalue weighted by atomic mass is 32.2. The minimum absolute atomic E-state index is 0.151. The van der Waals surface area contributed by atoms with Crippen LogP contribution < -0.4 is 4.74 Å². The van der Waals surface area contributed by atoms with Gasteiger partial charge >= 0.3 is 0 Å². The van der Waals surface area contributed by atoms with Gasteiger partial charge in [0.05, 0.1) is 6.61 Å². The van der Waals surface area contributed by atoms with Crippen molar-refractivity contribution in [1.29, 1.82) is 0 Å². The molecule has 0 heterocycles. The van der Waals surface area contributed by atoms with Crippen molar-refractivity contribution in [3.63, 3.8) is 0 Å². The average Bonchev–Trinajstić information content (AvgIpc) is 2.37. The Hall–Kier alpha value is -1.59. The predicted octanol–water partition coefficient (Wildman–Crippen LogP) is 3.27. The van der Waals surface area contributed by atoms with Crippen molar-refractivity contribution in [1.82, 2.24) is 0 Å². The van der Waals surface area contributed by atoms with Gasteiger partial charge in [0.15, 0.2) is 0 Å². The van der Waals surface area contributed by atoms with Crippen LogP contribution in [0.5, 0.6) is 5.75 Å². The lowest BCUT2D eigenvalue weighted by Crippen LogP contribution is -2.05. The summed E-state index contributed by atoms with van der Waals surface area (Å²) in [6.07, 6.45) is 1.78. The largest absolute Gasteiger partial charge is 0.492 e. The maximum atomic E-state index is 11.6. The number of ether oxygens (including phenoxy) is 1. The van der Waals surface area contributed by atoms with Gasteiger partial charge in [-0.3, -0.25) is 4.55 Å². The van der Waals surface area contributed by atoms with Gasteiger partial charge < -0.3 is 4.74 Å². The van der Waals surface area contributed by atoms with Gasteiger partial charge in [0.2, 0.25) is 0 Å². The Labute approximate surface area is 112 Å². The van der Waals surface area contributed by atoms with Gasteiger partial charge in [-0.15, -0.1) is 0 Å². The summed E-state index contributed by atoms with van der Waals surface area (Å²) in [7, 11) is -4.32. The van der Waals surface area contributed by atoms with Crippen molar-refractivity contribution in [3.05, 3.63) is 36.4 Å². The molecule has 0 radical (unpaired) electrons. The van der Waals surface area contributed by atoms with Crippen molar-refractivity contribution in [2.75, 3.05) is 6.61 Å². The minimum atomic E-state index is -4.32. The van der Waals surface area contributed by atoms with Gasteiger partial charge in [-0.05, 0) is 17.9 Å². The second-order valence-electron chi connectivity index (χ2n) is 4.29. The maximum Gasteiger partial charge on any atom is 0.298 e. The van der Waals surface area contributed by atoms with Crippen LogP contribution in [0.1, 0.15) is 19.8 Å². The summed E-state index contributed by atoms with van der Waals surface area (Å²) in [5.74, 6) is 0.203. The van der Waals surface area contributed by atoms with Crippen molar-refractivity contribution >= 4 is 20.9 Å². The Morgan fingerprint density at radius 1 is 1.16 bits per heavy atom. The molecule has 2 rings (SSSR count). The van der Waals surface area contributed by atoms with Gasteiger partial charge in [-0.2, -0.15) is 8.42 Å². The number of benzene rings is 2. The van der Waals surface area contributed by atoms with Crippen LogP contribution in [0.25, 0.3) is 10.8 Å². The Kier molecular flexibility index (Phi) is 4.07. The maximum absolute atomic E-state index is 11.6. The fourth-order valence-corrected chi connectivity index (χ4v) is 2.77. The lowest BCUT2D eigenvalue weighted by atomic mass is 10.1. The first kappa shape index (κ1) is 13.8. The Morgan fingerprint density at radius 2 is 1.89 bits per heavy atom. The minimum Gasteiger partial charge on any atom is -0.492 e. The third-order valence-corrected chi connectivity index (χ3v) is 3.79. The van der Waals surface area contributed by atoms with Crippen LogP contribution in [0.2, 0.25) is 0 Å². The van der Waals surface area contributed by atoms with E-state index >= 15 is 0 Å². The molecule has 19 heavy (non-hydrogen) atoms. The van der Waals surface area contributed by atoms with Crippen molar-refractivity contribution in [2.24, 2.45) is 0 Å². The summed E-state index contributed by atoms with van der Waals surface area (Å²) in [6.45, 7) is 2.45. The topological polar surface area (TPSA) is 63.6 Å². The SMILES string of the molecule is CCCCOc1ccc2ccccc2c1S(=O)(=O)O. The van der Waals surface area contributed by atoms with Crippen molar-refractivity contribution in [2.45, 2.75) is 24.7 Å². The van der Waals surface area contributed by atoms with Crippen LogP contribution in [0, 0.1) is 0 Å². The second-order valence-corrected chi connectivity index (χ2v) is 5.65. The molecule has 0 saturated heterocycles. The van der Waals surface area contributed by atoms with Gasteiger partial charge in [-0.25, -0.2) is 0 Å². The number of fused-ring (bicyclic) bond motifs is 1. The van der Waals surface area contributed by atoms with E-state index in [4.69, 9.17) is 4.74 Å². The molecule has 0 aromatic heterocycles. The van der Waals surface area contributed by atoms with E-state index in [0.717, 1.165) is 18.2 Å². The van der Waals surface area contributed by atoms with E-state index < -0.39 is 10.1 Å². The highest BCUT2D eigenvalue weighted by Gasteiger charge is 2.20. The molecule has 0 aliphatic heterocycles. The Morgan fingerprint density at radius 3 is 2.58 bits per heavy atom. The van der Waals surface area contributed by atoms with Crippen molar-refractivity contribution < 1.29 is 17.7 Å².